The quantitative estimate of drug-likeness (QED) is 0.904. The molecule has 0 aromatic heterocycles. The summed E-state index contributed by atoms with van der Waals surface area (Å²) in [6.45, 7) is 5.04. The Labute approximate surface area is 112 Å². The van der Waals surface area contributed by atoms with Crippen molar-refractivity contribution in [3.8, 4) is 0 Å². The second-order valence-electron chi connectivity index (χ2n) is 4.89. The molecule has 1 aromatic carbocycles. The van der Waals surface area contributed by atoms with Crippen molar-refractivity contribution >= 4 is 16.9 Å². The van der Waals surface area contributed by atoms with Crippen molar-refractivity contribution in [3.05, 3.63) is 35.6 Å². The first-order valence-electron chi connectivity index (χ1n) is 6.31. The van der Waals surface area contributed by atoms with Gasteiger partial charge in [0.05, 0.1) is 6.54 Å². The van der Waals surface area contributed by atoms with Crippen molar-refractivity contribution in [3.63, 3.8) is 0 Å². The van der Waals surface area contributed by atoms with Crippen molar-refractivity contribution < 1.29 is 4.39 Å². The molecule has 1 unspecified atom stereocenters. The zero-order valence-electron chi connectivity index (χ0n) is 10.9. The summed E-state index contributed by atoms with van der Waals surface area (Å²) >= 11 is 1.77. The van der Waals surface area contributed by atoms with Gasteiger partial charge in [-0.1, -0.05) is 30.8 Å². The average molecular weight is 266 g/mol. The summed E-state index contributed by atoms with van der Waals surface area (Å²) in [7, 11) is 0. The van der Waals surface area contributed by atoms with E-state index in [9.17, 15) is 4.39 Å². The number of benzene rings is 1. The predicted octanol–water partition coefficient (Wildman–Crippen LogP) is 3.58. The van der Waals surface area contributed by atoms with Crippen LogP contribution in [0.4, 0.5) is 4.39 Å². The molecule has 1 N–H and O–H groups in total. The number of halogens is 1. The fraction of sp³-hybridized carbons (Fsp3) is 0.500. The van der Waals surface area contributed by atoms with Crippen molar-refractivity contribution in [1.29, 1.82) is 0 Å². The number of nitrogens with one attached hydrogen (secondary N) is 1. The third-order valence-electron chi connectivity index (χ3n) is 3.40. The fourth-order valence-corrected chi connectivity index (χ4v) is 3.05. The van der Waals surface area contributed by atoms with E-state index in [0.717, 1.165) is 22.9 Å². The highest BCUT2D eigenvalue weighted by atomic mass is 32.2. The Hall–Kier alpha value is -1.03. The average Bonchev–Trinajstić information content (AvgIpc) is 2.38. The lowest BCUT2D eigenvalue weighted by Gasteiger charge is -2.35. The normalized spacial score (nSPS) is 26.1. The smallest absolute Gasteiger partial charge is 0.157 e. The molecule has 0 radical (unpaired) electrons. The summed E-state index contributed by atoms with van der Waals surface area (Å²) in [5.74, 6) is 0.912. The monoisotopic (exact) mass is 266 g/mol. The Balaban J connectivity index is 1.99. The van der Waals surface area contributed by atoms with Gasteiger partial charge in [-0.3, -0.25) is 4.99 Å². The number of hydrogen-bond acceptors (Lipinski definition) is 2. The molecule has 1 aliphatic heterocycles. The molecule has 18 heavy (non-hydrogen) atoms. The third kappa shape index (κ3) is 3.48. The highest BCUT2D eigenvalue weighted by molar-refractivity contribution is 8.13. The minimum Gasteiger partial charge on any atom is -0.360 e. The second-order valence-corrected chi connectivity index (χ2v) is 5.97. The summed E-state index contributed by atoms with van der Waals surface area (Å²) in [5, 5.41) is 4.51. The van der Waals surface area contributed by atoms with Gasteiger partial charge >= 0.3 is 0 Å². The lowest BCUT2D eigenvalue weighted by molar-refractivity contribution is 0.390. The molecule has 98 valence electrons. The number of aliphatic imine (C=N–C) groups is 1. The fourth-order valence-electron chi connectivity index (χ4n) is 1.83. The van der Waals surface area contributed by atoms with Gasteiger partial charge in [0.2, 0.25) is 0 Å². The molecule has 1 fully saturated rings. The van der Waals surface area contributed by atoms with Crippen LogP contribution in [0.2, 0.25) is 0 Å². The van der Waals surface area contributed by atoms with Crippen LogP contribution in [0.5, 0.6) is 0 Å². The molecule has 0 bridgehead atoms. The van der Waals surface area contributed by atoms with Crippen molar-refractivity contribution in [2.75, 3.05) is 5.75 Å². The van der Waals surface area contributed by atoms with E-state index in [4.69, 9.17) is 0 Å². The van der Waals surface area contributed by atoms with Gasteiger partial charge in [0.1, 0.15) is 5.82 Å². The molecular weight excluding hydrogens is 247 g/mol. The molecule has 0 spiro atoms. The maximum atomic E-state index is 12.8. The highest BCUT2D eigenvalue weighted by Crippen LogP contribution is 2.25. The largest absolute Gasteiger partial charge is 0.360 e. The first kappa shape index (κ1) is 13.4. The molecule has 4 heteroatoms. The van der Waals surface area contributed by atoms with E-state index in [0.29, 0.717) is 6.54 Å². The molecule has 2 rings (SSSR count). The van der Waals surface area contributed by atoms with Crippen LogP contribution in [0.15, 0.2) is 29.3 Å². The molecule has 1 aromatic rings. The lowest BCUT2D eigenvalue weighted by atomic mass is 9.96. The van der Waals surface area contributed by atoms with Gasteiger partial charge in [0.15, 0.2) is 5.17 Å². The summed E-state index contributed by atoms with van der Waals surface area (Å²) in [4.78, 5) is 4.57. The van der Waals surface area contributed by atoms with Crippen molar-refractivity contribution in [1.82, 2.24) is 5.32 Å². The van der Waals surface area contributed by atoms with E-state index in [-0.39, 0.29) is 11.4 Å². The standard InChI is InChI=1S/C14H19FN2S/c1-3-14(2)8-9-18-13(17-14)16-10-11-4-6-12(15)7-5-11/h4-7H,3,8-10H2,1-2H3,(H,16,17). The van der Waals surface area contributed by atoms with Gasteiger partial charge in [-0.2, -0.15) is 0 Å². The molecule has 1 atom stereocenters. The van der Waals surface area contributed by atoms with Gasteiger partial charge < -0.3 is 5.32 Å². The minimum atomic E-state index is -0.199. The van der Waals surface area contributed by atoms with Gasteiger partial charge in [-0.05, 0) is 37.5 Å². The Morgan fingerprint density at radius 2 is 2.11 bits per heavy atom. The molecule has 1 saturated heterocycles. The summed E-state index contributed by atoms with van der Waals surface area (Å²) < 4.78 is 12.8. The SMILES string of the molecule is CCC1(C)CCSC(=NCc2ccc(F)cc2)N1. The topological polar surface area (TPSA) is 24.4 Å². The Morgan fingerprint density at radius 1 is 1.39 bits per heavy atom. The van der Waals surface area contributed by atoms with Gasteiger partial charge in [-0.15, -0.1) is 0 Å². The van der Waals surface area contributed by atoms with E-state index in [2.05, 4.69) is 24.2 Å². The third-order valence-corrected chi connectivity index (χ3v) is 4.31. The van der Waals surface area contributed by atoms with Crippen LogP contribution in [-0.4, -0.2) is 16.5 Å². The number of rotatable bonds is 3. The van der Waals surface area contributed by atoms with Crippen molar-refractivity contribution in [2.45, 2.75) is 38.8 Å². The van der Waals surface area contributed by atoms with Crippen LogP contribution >= 0.6 is 11.8 Å². The number of nitrogens with zero attached hydrogens (tertiary/aromatic N) is 1. The van der Waals surface area contributed by atoms with Gasteiger partial charge in [0.25, 0.3) is 0 Å². The van der Waals surface area contributed by atoms with E-state index in [1.165, 1.54) is 18.6 Å². The van der Waals surface area contributed by atoms with Gasteiger partial charge in [0, 0.05) is 11.3 Å². The maximum Gasteiger partial charge on any atom is 0.157 e. The molecular formula is C14H19FN2S. The first-order valence-corrected chi connectivity index (χ1v) is 7.30. The van der Waals surface area contributed by atoms with E-state index in [1.54, 1.807) is 23.9 Å². The van der Waals surface area contributed by atoms with Crippen LogP contribution in [0.3, 0.4) is 0 Å². The molecule has 1 aliphatic rings. The van der Waals surface area contributed by atoms with E-state index in [1.807, 2.05) is 0 Å². The van der Waals surface area contributed by atoms with Gasteiger partial charge in [-0.25, -0.2) is 4.39 Å². The molecule has 0 amide bonds. The van der Waals surface area contributed by atoms with Crippen LogP contribution in [0, 0.1) is 5.82 Å². The van der Waals surface area contributed by atoms with E-state index >= 15 is 0 Å². The minimum absolute atomic E-state index is 0.173. The Kier molecular flexibility index (Phi) is 4.27. The van der Waals surface area contributed by atoms with Crippen LogP contribution in [-0.2, 0) is 6.54 Å². The molecule has 2 nitrogen and oxygen atoms in total. The maximum absolute atomic E-state index is 12.8. The summed E-state index contributed by atoms with van der Waals surface area (Å²) in [6.07, 6.45) is 2.27. The zero-order chi connectivity index (χ0) is 13.0. The first-order chi connectivity index (χ1) is 8.61. The highest BCUT2D eigenvalue weighted by Gasteiger charge is 2.27. The second kappa shape index (κ2) is 5.74. The lowest BCUT2D eigenvalue weighted by Crippen LogP contribution is -2.48. The Bertz CT molecular complexity index is 430. The summed E-state index contributed by atoms with van der Waals surface area (Å²) in [6, 6.07) is 6.53. The molecule has 1 heterocycles. The van der Waals surface area contributed by atoms with E-state index < -0.39 is 0 Å². The van der Waals surface area contributed by atoms with Crippen LogP contribution < -0.4 is 5.32 Å². The van der Waals surface area contributed by atoms with Crippen molar-refractivity contribution in [2.24, 2.45) is 4.99 Å². The number of hydrogen-bond donors (Lipinski definition) is 1. The molecule has 0 saturated carbocycles. The summed E-state index contributed by atoms with van der Waals surface area (Å²) in [5.41, 5.74) is 1.21. The number of amidine groups is 1. The predicted molar refractivity (Wildman–Crippen MR) is 76.4 cm³/mol. The van der Waals surface area contributed by atoms with Crippen LogP contribution in [0.1, 0.15) is 32.3 Å². The number of thioether (sulfide) groups is 1. The van der Waals surface area contributed by atoms with Crippen LogP contribution in [0.25, 0.3) is 0 Å². The Morgan fingerprint density at radius 3 is 2.78 bits per heavy atom. The zero-order valence-corrected chi connectivity index (χ0v) is 11.7. The molecule has 0 aliphatic carbocycles.